The Hall–Kier alpha value is -1.99. The Balaban J connectivity index is 1.71. The second kappa shape index (κ2) is 8.14. The van der Waals surface area contributed by atoms with E-state index in [9.17, 15) is 9.59 Å². The lowest BCUT2D eigenvalue weighted by Gasteiger charge is -2.13. The molecule has 5 nitrogen and oxygen atoms in total. The summed E-state index contributed by atoms with van der Waals surface area (Å²) < 4.78 is 5.97. The van der Waals surface area contributed by atoms with Crippen LogP contribution in [0, 0.1) is 13.8 Å². The number of carbonyl (C=O) groups excluding carboxylic acids is 2. The van der Waals surface area contributed by atoms with E-state index in [1.54, 1.807) is 32.5 Å². The van der Waals surface area contributed by atoms with Crippen molar-refractivity contribution in [1.82, 2.24) is 4.98 Å². The van der Waals surface area contributed by atoms with Gasteiger partial charge in [-0.05, 0) is 38.0 Å². The quantitative estimate of drug-likeness (QED) is 0.596. The van der Waals surface area contributed by atoms with Crippen molar-refractivity contribution in [3.05, 3.63) is 52.3 Å². The number of nitrogens with one attached hydrogen (secondary N) is 1. The van der Waals surface area contributed by atoms with E-state index in [2.05, 4.69) is 16.0 Å². The number of fused-ring (bicyclic) bond motifs is 1. The third-order valence-corrected chi connectivity index (χ3v) is 6.32. The number of esters is 1. The fourth-order valence-corrected chi connectivity index (χ4v) is 4.76. The zero-order valence-electron chi connectivity index (χ0n) is 14.9. The number of hydrogen-bond acceptors (Lipinski definition) is 6. The number of aromatic amines is 1. The van der Waals surface area contributed by atoms with E-state index in [-0.39, 0.29) is 11.5 Å². The van der Waals surface area contributed by atoms with E-state index in [1.165, 1.54) is 17.3 Å². The van der Waals surface area contributed by atoms with Gasteiger partial charge in [0.2, 0.25) is 0 Å². The number of H-pyrrole nitrogens is 1. The van der Waals surface area contributed by atoms with Crippen molar-refractivity contribution in [3.8, 4) is 0 Å². The summed E-state index contributed by atoms with van der Waals surface area (Å²) >= 11 is 3.08. The van der Waals surface area contributed by atoms with Crippen LogP contribution in [0.15, 0.2) is 29.3 Å². The van der Waals surface area contributed by atoms with Crippen LogP contribution in [0.4, 0.5) is 5.69 Å². The van der Waals surface area contributed by atoms with E-state index < -0.39 is 5.97 Å². The molecule has 1 aliphatic heterocycles. The first-order valence-electron chi connectivity index (χ1n) is 8.33. The van der Waals surface area contributed by atoms with Gasteiger partial charge in [0.15, 0.2) is 5.78 Å². The summed E-state index contributed by atoms with van der Waals surface area (Å²) in [6.45, 7) is 5.62. The van der Waals surface area contributed by atoms with Crippen LogP contribution in [0.3, 0.4) is 0 Å². The minimum Gasteiger partial charge on any atom is -0.462 e. The maximum Gasteiger partial charge on any atom is 0.340 e. The highest BCUT2D eigenvalue weighted by molar-refractivity contribution is 8.38. The molecule has 26 heavy (non-hydrogen) atoms. The van der Waals surface area contributed by atoms with Gasteiger partial charge in [0.1, 0.15) is 4.38 Å². The summed E-state index contributed by atoms with van der Waals surface area (Å²) in [5.41, 5.74) is 4.42. The first kappa shape index (κ1) is 18.8. The summed E-state index contributed by atoms with van der Waals surface area (Å²) in [6.07, 6.45) is 0. The number of benzene rings is 1. The van der Waals surface area contributed by atoms with Crippen molar-refractivity contribution in [3.63, 3.8) is 0 Å². The molecule has 1 aromatic heterocycles. The Bertz CT molecular complexity index is 887. The molecule has 1 aromatic carbocycles. The molecular formula is C19H20N2O3S2. The van der Waals surface area contributed by atoms with Gasteiger partial charge in [0.25, 0.3) is 0 Å². The van der Waals surface area contributed by atoms with Crippen LogP contribution < -0.4 is 0 Å². The molecular weight excluding hydrogens is 368 g/mol. The van der Waals surface area contributed by atoms with Gasteiger partial charge >= 0.3 is 5.97 Å². The van der Waals surface area contributed by atoms with Crippen LogP contribution in [0.1, 0.15) is 44.6 Å². The first-order valence-corrected chi connectivity index (χ1v) is 10.3. The maximum atomic E-state index is 12.6. The molecule has 136 valence electrons. The van der Waals surface area contributed by atoms with Crippen LogP contribution in [0.5, 0.6) is 0 Å². The molecule has 0 bridgehead atoms. The van der Waals surface area contributed by atoms with Gasteiger partial charge in [0, 0.05) is 11.4 Å². The Labute approximate surface area is 161 Å². The molecule has 3 rings (SSSR count). The van der Waals surface area contributed by atoms with Gasteiger partial charge < -0.3 is 9.72 Å². The minimum absolute atomic E-state index is 0.0479. The van der Waals surface area contributed by atoms with Gasteiger partial charge in [-0.1, -0.05) is 41.7 Å². The second-order valence-corrected chi connectivity index (χ2v) is 8.04. The summed E-state index contributed by atoms with van der Waals surface area (Å²) in [7, 11) is 0. The molecule has 0 amide bonds. The lowest BCUT2D eigenvalue weighted by atomic mass is 10.1. The number of carbonyl (C=O) groups is 2. The number of nitrogens with zero attached hydrogens (tertiary/aromatic N) is 1. The molecule has 7 heteroatoms. The molecule has 2 aromatic rings. The highest BCUT2D eigenvalue weighted by atomic mass is 32.2. The van der Waals surface area contributed by atoms with Gasteiger partial charge in [-0.25, -0.2) is 9.79 Å². The third kappa shape index (κ3) is 3.88. The molecule has 0 atom stereocenters. The molecule has 0 aliphatic carbocycles. The smallest absolute Gasteiger partial charge is 0.340 e. The Morgan fingerprint density at radius 1 is 1.31 bits per heavy atom. The number of para-hydroxylation sites is 1. The number of ketones is 1. The molecule has 1 aliphatic rings. The largest absolute Gasteiger partial charge is 0.462 e. The Kier molecular flexibility index (Phi) is 5.88. The standard InChI is InChI=1S/C19H20N2O3S2/c1-4-24-18(23)16-11(2)17(20-12(16)3)15(22)10-26-19-21-14-8-6-5-7-13(14)9-25-19/h5-8,20H,4,9-10H2,1-3H3. The normalized spacial score (nSPS) is 13.1. The Morgan fingerprint density at radius 2 is 2.08 bits per heavy atom. The monoisotopic (exact) mass is 388 g/mol. The zero-order valence-corrected chi connectivity index (χ0v) is 16.6. The summed E-state index contributed by atoms with van der Waals surface area (Å²) in [5.74, 6) is 0.698. The molecule has 0 unspecified atom stereocenters. The molecule has 0 saturated heterocycles. The fraction of sp³-hybridized carbons (Fsp3) is 0.316. The van der Waals surface area contributed by atoms with Crippen LogP contribution >= 0.6 is 23.5 Å². The van der Waals surface area contributed by atoms with Crippen molar-refractivity contribution in [2.45, 2.75) is 26.5 Å². The van der Waals surface area contributed by atoms with Crippen LogP contribution in [-0.2, 0) is 10.5 Å². The summed E-state index contributed by atoms with van der Waals surface area (Å²) in [4.78, 5) is 32.4. The number of hydrogen-bond donors (Lipinski definition) is 1. The van der Waals surface area contributed by atoms with Gasteiger partial charge in [-0.2, -0.15) is 0 Å². The van der Waals surface area contributed by atoms with Crippen molar-refractivity contribution in [2.75, 3.05) is 12.4 Å². The molecule has 0 saturated carbocycles. The lowest BCUT2D eigenvalue weighted by molar-refractivity contribution is 0.0525. The lowest BCUT2D eigenvalue weighted by Crippen LogP contribution is -2.09. The van der Waals surface area contributed by atoms with Crippen molar-refractivity contribution >= 4 is 45.3 Å². The summed E-state index contributed by atoms with van der Waals surface area (Å²) in [6, 6.07) is 8.03. The predicted octanol–water partition coefficient (Wildman–Crippen LogP) is 4.66. The van der Waals surface area contributed by atoms with E-state index >= 15 is 0 Å². The van der Waals surface area contributed by atoms with Gasteiger partial charge in [0.05, 0.1) is 29.3 Å². The van der Waals surface area contributed by atoms with E-state index in [0.29, 0.717) is 29.1 Å². The average molecular weight is 389 g/mol. The van der Waals surface area contributed by atoms with Gasteiger partial charge in [-0.15, -0.1) is 0 Å². The highest BCUT2D eigenvalue weighted by Gasteiger charge is 2.23. The molecule has 2 heterocycles. The minimum atomic E-state index is -0.394. The van der Waals surface area contributed by atoms with Crippen molar-refractivity contribution < 1.29 is 14.3 Å². The SMILES string of the molecule is CCOC(=O)c1c(C)[nH]c(C(=O)CSC2=Nc3ccccc3CS2)c1C. The average Bonchev–Trinajstić information content (AvgIpc) is 2.94. The Morgan fingerprint density at radius 3 is 2.85 bits per heavy atom. The first-order chi connectivity index (χ1) is 12.5. The van der Waals surface area contributed by atoms with Crippen LogP contribution in [0.25, 0.3) is 0 Å². The van der Waals surface area contributed by atoms with Gasteiger partial charge in [-0.3, -0.25) is 4.79 Å². The van der Waals surface area contributed by atoms with Crippen LogP contribution in [-0.4, -0.2) is 33.5 Å². The molecule has 0 fully saturated rings. The van der Waals surface area contributed by atoms with E-state index in [4.69, 9.17) is 4.74 Å². The van der Waals surface area contributed by atoms with Crippen molar-refractivity contribution in [2.24, 2.45) is 4.99 Å². The highest BCUT2D eigenvalue weighted by Crippen LogP contribution is 2.34. The zero-order chi connectivity index (χ0) is 18.7. The number of rotatable bonds is 5. The number of thioether (sulfide) groups is 2. The van der Waals surface area contributed by atoms with Crippen molar-refractivity contribution in [1.29, 1.82) is 0 Å². The number of ether oxygens (including phenoxy) is 1. The molecule has 0 spiro atoms. The number of Topliss-reactive ketones (excluding diaryl/α,β-unsaturated/α-hetero) is 1. The summed E-state index contributed by atoms with van der Waals surface area (Å²) in [5, 5.41) is 0. The predicted molar refractivity (Wildman–Crippen MR) is 108 cm³/mol. The second-order valence-electron chi connectivity index (χ2n) is 5.85. The molecule has 0 radical (unpaired) electrons. The molecule has 1 N–H and O–H groups in total. The fourth-order valence-electron chi connectivity index (χ4n) is 2.82. The number of aryl methyl sites for hydroxylation is 1. The van der Waals surface area contributed by atoms with E-state index in [1.807, 2.05) is 18.2 Å². The topological polar surface area (TPSA) is 71.5 Å². The third-order valence-electron chi connectivity index (χ3n) is 4.08. The van der Waals surface area contributed by atoms with Crippen LogP contribution in [0.2, 0.25) is 0 Å². The van der Waals surface area contributed by atoms with E-state index in [0.717, 1.165) is 15.8 Å². The number of aliphatic imine (C=N–C) groups is 1. The number of aromatic nitrogens is 1. The maximum absolute atomic E-state index is 12.6.